The van der Waals surface area contributed by atoms with Gasteiger partial charge in [-0.2, -0.15) is 0 Å². The number of ether oxygens (including phenoxy) is 1. The van der Waals surface area contributed by atoms with E-state index < -0.39 is 6.10 Å². The number of carbonyl (C=O) groups is 1. The first-order valence-electron chi connectivity index (χ1n) is 13.3. The highest BCUT2D eigenvalue weighted by Gasteiger charge is 2.34. The Labute approximate surface area is 219 Å². The van der Waals surface area contributed by atoms with Crippen molar-refractivity contribution in [3.05, 3.63) is 58.6 Å². The second-order valence-electron chi connectivity index (χ2n) is 11.2. The van der Waals surface area contributed by atoms with E-state index in [1.807, 2.05) is 36.4 Å². The molecule has 2 N–H and O–H groups in total. The number of nitrogens with zero attached hydrogens (tertiary/aromatic N) is 2. The van der Waals surface area contributed by atoms with E-state index >= 15 is 0 Å². The molecule has 3 aliphatic rings. The predicted molar refractivity (Wildman–Crippen MR) is 144 cm³/mol. The number of aliphatic hydroxyl groups excluding tert-OH is 1. The molecule has 0 radical (unpaired) electrons. The molecule has 0 saturated carbocycles. The van der Waals surface area contributed by atoms with Crippen molar-refractivity contribution >= 4 is 23.2 Å². The first-order chi connectivity index (χ1) is 17.3. The van der Waals surface area contributed by atoms with E-state index in [-0.39, 0.29) is 23.5 Å². The van der Waals surface area contributed by atoms with Crippen LogP contribution in [0.4, 0.5) is 5.69 Å². The molecule has 36 heavy (non-hydrogen) atoms. The maximum Gasteiger partial charge on any atom is 0.225 e. The number of hydrogen-bond acceptors (Lipinski definition) is 5. The molecule has 2 aromatic rings. The minimum atomic E-state index is -0.774. The molecule has 2 saturated heterocycles. The average Bonchev–Trinajstić information content (AvgIpc) is 3.55. The summed E-state index contributed by atoms with van der Waals surface area (Å²) in [5, 5.41) is 15.4. The number of aryl methyl sites for hydroxylation is 1. The lowest BCUT2D eigenvalue weighted by atomic mass is 9.91. The number of amides is 1. The fourth-order valence-corrected chi connectivity index (χ4v) is 5.85. The van der Waals surface area contributed by atoms with Crippen LogP contribution in [-0.2, 0) is 11.2 Å². The van der Waals surface area contributed by atoms with Crippen molar-refractivity contribution in [2.24, 2.45) is 5.92 Å². The smallest absolute Gasteiger partial charge is 0.225 e. The van der Waals surface area contributed by atoms with E-state index in [0.29, 0.717) is 18.1 Å². The Morgan fingerprint density at radius 1 is 1.17 bits per heavy atom. The van der Waals surface area contributed by atoms with Gasteiger partial charge in [0.2, 0.25) is 5.91 Å². The van der Waals surface area contributed by atoms with E-state index in [2.05, 4.69) is 35.0 Å². The van der Waals surface area contributed by atoms with Gasteiger partial charge in [0.15, 0.2) is 0 Å². The second kappa shape index (κ2) is 10.6. The van der Waals surface area contributed by atoms with E-state index in [1.165, 1.54) is 12.8 Å². The summed E-state index contributed by atoms with van der Waals surface area (Å²) < 4.78 is 6.14. The lowest BCUT2D eigenvalue weighted by molar-refractivity contribution is -0.126. The third kappa shape index (κ3) is 5.82. The molecule has 3 heterocycles. The first-order valence-corrected chi connectivity index (χ1v) is 13.7. The van der Waals surface area contributed by atoms with Gasteiger partial charge in [-0.3, -0.25) is 4.79 Å². The highest BCUT2D eigenvalue weighted by atomic mass is 35.5. The van der Waals surface area contributed by atoms with Gasteiger partial charge in [-0.25, -0.2) is 0 Å². The summed E-state index contributed by atoms with van der Waals surface area (Å²) in [6.45, 7) is 8.40. The molecule has 0 aromatic heterocycles. The molecule has 0 bridgehead atoms. The van der Waals surface area contributed by atoms with Gasteiger partial charge in [0, 0.05) is 30.3 Å². The molecule has 5 rings (SSSR count). The third-order valence-corrected chi connectivity index (χ3v) is 8.17. The summed E-state index contributed by atoms with van der Waals surface area (Å²) in [4.78, 5) is 18.0. The Morgan fingerprint density at radius 3 is 2.67 bits per heavy atom. The zero-order chi connectivity index (χ0) is 25.3. The van der Waals surface area contributed by atoms with Crippen molar-refractivity contribution in [1.29, 1.82) is 0 Å². The molecule has 0 spiro atoms. The van der Waals surface area contributed by atoms with E-state index in [1.54, 1.807) is 0 Å². The summed E-state index contributed by atoms with van der Waals surface area (Å²) in [5.74, 6) is 0.821. The molecular formula is C29H38ClN3O3. The van der Waals surface area contributed by atoms with Gasteiger partial charge < -0.3 is 25.0 Å². The van der Waals surface area contributed by atoms with E-state index in [0.717, 1.165) is 61.5 Å². The predicted octanol–water partition coefficient (Wildman–Crippen LogP) is 4.58. The first kappa shape index (κ1) is 25.4. The summed E-state index contributed by atoms with van der Waals surface area (Å²) >= 11 is 6.04. The number of likely N-dealkylation sites (tertiary alicyclic amines) is 1. The molecule has 1 amide bonds. The average molecular weight is 512 g/mol. The summed E-state index contributed by atoms with van der Waals surface area (Å²) in [7, 11) is 0. The van der Waals surface area contributed by atoms with Crippen molar-refractivity contribution in [3.8, 4) is 5.75 Å². The van der Waals surface area contributed by atoms with Crippen LogP contribution in [0.1, 0.15) is 56.8 Å². The molecule has 3 aliphatic heterocycles. The topological polar surface area (TPSA) is 65.0 Å². The van der Waals surface area contributed by atoms with Gasteiger partial charge in [0.1, 0.15) is 17.5 Å². The van der Waals surface area contributed by atoms with Crippen LogP contribution in [0.15, 0.2) is 42.5 Å². The van der Waals surface area contributed by atoms with Crippen molar-refractivity contribution in [2.75, 3.05) is 37.6 Å². The van der Waals surface area contributed by atoms with Crippen LogP contribution >= 0.6 is 11.6 Å². The third-order valence-electron chi connectivity index (χ3n) is 7.92. The monoisotopic (exact) mass is 511 g/mol. The van der Waals surface area contributed by atoms with Crippen molar-refractivity contribution in [2.45, 2.75) is 63.7 Å². The van der Waals surface area contributed by atoms with E-state index in [9.17, 15) is 9.90 Å². The van der Waals surface area contributed by atoms with Crippen molar-refractivity contribution < 1.29 is 14.6 Å². The van der Waals surface area contributed by atoms with Gasteiger partial charge in [0.25, 0.3) is 0 Å². The fourth-order valence-electron chi connectivity index (χ4n) is 5.72. The number of anilines is 1. The number of nitrogens with one attached hydrogen (secondary N) is 1. The Kier molecular flexibility index (Phi) is 7.47. The second-order valence-corrected chi connectivity index (χ2v) is 11.6. The van der Waals surface area contributed by atoms with Gasteiger partial charge in [0.05, 0.1) is 12.0 Å². The lowest BCUT2D eigenvalue weighted by Gasteiger charge is -2.34. The Morgan fingerprint density at radius 2 is 1.92 bits per heavy atom. The van der Waals surface area contributed by atoms with E-state index in [4.69, 9.17) is 16.3 Å². The quantitative estimate of drug-likeness (QED) is 0.569. The molecule has 3 atom stereocenters. The van der Waals surface area contributed by atoms with Gasteiger partial charge in [-0.15, -0.1) is 0 Å². The minimum Gasteiger partial charge on any atom is -0.488 e. The SMILES string of the molecule is CC1(C)CCc2cc(C(O)C(CN3CCCC3)NC(=O)C3CCN(c4ccc(Cl)cc4)C3)ccc2O1. The number of hydrogen-bond donors (Lipinski definition) is 2. The maximum atomic E-state index is 13.4. The van der Waals surface area contributed by atoms with Gasteiger partial charge in [-0.05, 0) is 107 Å². The van der Waals surface area contributed by atoms with Crippen LogP contribution in [0.5, 0.6) is 5.75 Å². The van der Waals surface area contributed by atoms with Crippen LogP contribution in [0.25, 0.3) is 0 Å². The Bertz CT molecular complexity index is 1070. The summed E-state index contributed by atoms with van der Waals surface area (Å²) in [6.07, 6.45) is 4.23. The molecule has 0 aliphatic carbocycles. The summed E-state index contributed by atoms with van der Waals surface area (Å²) in [6, 6.07) is 13.4. The van der Waals surface area contributed by atoms with Crippen LogP contribution in [0.3, 0.4) is 0 Å². The van der Waals surface area contributed by atoms with Crippen molar-refractivity contribution in [3.63, 3.8) is 0 Å². The molecule has 6 nitrogen and oxygen atoms in total. The zero-order valence-corrected chi connectivity index (χ0v) is 22.1. The number of carbonyl (C=O) groups excluding carboxylic acids is 1. The molecule has 2 aromatic carbocycles. The number of fused-ring (bicyclic) bond motifs is 1. The van der Waals surface area contributed by atoms with Crippen LogP contribution in [0.2, 0.25) is 5.02 Å². The van der Waals surface area contributed by atoms with Gasteiger partial charge in [-0.1, -0.05) is 17.7 Å². The lowest BCUT2D eigenvalue weighted by Crippen LogP contribution is -2.48. The molecular weight excluding hydrogens is 474 g/mol. The molecule has 3 unspecified atom stereocenters. The van der Waals surface area contributed by atoms with Crippen molar-refractivity contribution in [1.82, 2.24) is 10.2 Å². The van der Waals surface area contributed by atoms with Crippen LogP contribution in [0, 0.1) is 5.92 Å². The number of benzene rings is 2. The Balaban J connectivity index is 1.28. The van der Waals surface area contributed by atoms with Crippen LogP contribution in [-0.4, -0.2) is 60.3 Å². The number of rotatable bonds is 7. The minimum absolute atomic E-state index is 0.0257. The highest BCUT2D eigenvalue weighted by Crippen LogP contribution is 2.35. The largest absolute Gasteiger partial charge is 0.488 e. The summed E-state index contributed by atoms with van der Waals surface area (Å²) in [5.41, 5.74) is 2.89. The molecule has 194 valence electrons. The molecule has 7 heteroatoms. The number of halogens is 1. The van der Waals surface area contributed by atoms with Crippen LogP contribution < -0.4 is 15.0 Å². The van der Waals surface area contributed by atoms with Gasteiger partial charge >= 0.3 is 0 Å². The standard InChI is InChI=1S/C29H38ClN3O3/c1-29(2)13-11-20-17-21(5-10-26(20)36-29)27(34)25(19-32-14-3-4-15-32)31-28(35)22-12-16-33(18-22)24-8-6-23(30)7-9-24/h5-10,17,22,25,27,34H,3-4,11-16,18-19H2,1-2H3,(H,31,35). The Hall–Kier alpha value is -2.28. The zero-order valence-electron chi connectivity index (χ0n) is 21.4. The number of aliphatic hydroxyl groups is 1. The fraction of sp³-hybridized carbons (Fsp3) is 0.552. The molecule has 2 fully saturated rings. The normalized spacial score (nSPS) is 23.1. The highest BCUT2D eigenvalue weighted by molar-refractivity contribution is 6.30. The maximum absolute atomic E-state index is 13.4.